The molecule has 1 saturated heterocycles. The second-order valence-corrected chi connectivity index (χ2v) is 6.09. The van der Waals surface area contributed by atoms with E-state index in [9.17, 15) is 4.39 Å². The van der Waals surface area contributed by atoms with Crippen LogP contribution in [-0.2, 0) is 0 Å². The third-order valence-corrected chi connectivity index (χ3v) is 4.39. The average Bonchev–Trinajstić information content (AvgIpc) is 2.68. The minimum atomic E-state index is -0.299. The molecular weight excluding hydrogens is 279 g/mol. The molecule has 0 unspecified atom stereocenters. The maximum atomic E-state index is 13.1. The van der Waals surface area contributed by atoms with Gasteiger partial charge in [0.25, 0.3) is 0 Å². The highest BCUT2D eigenvalue weighted by Gasteiger charge is 2.23. The Morgan fingerprint density at radius 1 is 1.47 bits per heavy atom. The molecule has 1 atom stereocenters. The number of rotatable bonds is 3. The number of hydrogen-bond acceptors (Lipinski definition) is 3. The van der Waals surface area contributed by atoms with Crippen LogP contribution in [0, 0.1) is 0 Å². The Kier molecular flexibility index (Phi) is 4.13. The molecule has 1 aromatic heterocycles. The van der Waals surface area contributed by atoms with Crippen molar-refractivity contribution in [2.45, 2.75) is 6.04 Å². The van der Waals surface area contributed by atoms with E-state index in [0.29, 0.717) is 0 Å². The third kappa shape index (κ3) is 2.78. The van der Waals surface area contributed by atoms with Crippen molar-refractivity contribution in [1.29, 1.82) is 0 Å². The summed E-state index contributed by atoms with van der Waals surface area (Å²) in [6.45, 7) is 3.49. The fourth-order valence-corrected chi connectivity index (χ4v) is 3.39. The van der Waals surface area contributed by atoms with Gasteiger partial charge in [-0.2, -0.15) is 0 Å². The highest BCUT2D eigenvalue weighted by molar-refractivity contribution is 9.11. The molecule has 15 heavy (non-hydrogen) atoms. The summed E-state index contributed by atoms with van der Waals surface area (Å²) in [5.41, 5.74) is 0. The van der Waals surface area contributed by atoms with Crippen LogP contribution in [0.25, 0.3) is 0 Å². The van der Waals surface area contributed by atoms with Gasteiger partial charge in [-0.15, -0.1) is 11.3 Å². The van der Waals surface area contributed by atoms with E-state index in [-0.39, 0.29) is 12.7 Å². The first-order valence-electron chi connectivity index (χ1n) is 5.07. The van der Waals surface area contributed by atoms with E-state index >= 15 is 0 Å². The number of nitrogens with one attached hydrogen (secondary N) is 1. The number of piperazine rings is 1. The van der Waals surface area contributed by atoms with Crippen molar-refractivity contribution in [3.05, 3.63) is 20.8 Å². The zero-order valence-electron chi connectivity index (χ0n) is 8.38. The van der Waals surface area contributed by atoms with E-state index in [1.165, 1.54) is 0 Å². The van der Waals surface area contributed by atoms with Crippen LogP contribution in [0.3, 0.4) is 0 Å². The third-order valence-electron chi connectivity index (χ3n) is 2.66. The minimum Gasteiger partial charge on any atom is -0.314 e. The highest BCUT2D eigenvalue weighted by Crippen LogP contribution is 2.31. The van der Waals surface area contributed by atoms with Gasteiger partial charge in [0.1, 0.15) is 6.67 Å². The Morgan fingerprint density at radius 2 is 2.20 bits per heavy atom. The SMILES string of the molecule is FC[C@H](c1ccc(Br)s1)N1CCNCC1. The van der Waals surface area contributed by atoms with Crippen LogP contribution < -0.4 is 5.32 Å². The summed E-state index contributed by atoms with van der Waals surface area (Å²) in [7, 11) is 0. The molecule has 1 fully saturated rings. The van der Waals surface area contributed by atoms with Gasteiger partial charge < -0.3 is 5.32 Å². The van der Waals surface area contributed by atoms with Gasteiger partial charge in [0.05, 0.1) is 9.83 Å². The van der Waals surface area contributed by atoms with Gasteiger partial charge >= 0.3 is 0 Å². The van der Waals surface area contributed by atoms with Crippen molar-refractivity contribution >= 4 is 27.3 Å². The summed E-state index contributed by atoms with van der Waals surface area (Å²) in [5.74, 6) is 0. The zero-order chi connectivity index (χ0) is 10.7. The topological polar surface area (TPSA) is 15.3 Å². The van der Waals surface area contributed by atoms with Crippen molar-refractivity contribution in [3.8, 4) is 0 Å². The van der Waals surface area contributed by atoms with Crippen LogP contribution in [0.4, 0.5) is 4.39 Å². The lowest BCUT2D eigenvalue weighted by molar-refractivity contribution is 0.150. The molecule has 0 radical (unpaired) electrons. The van der Waals surface area contributed by atoms with Gasteiger partial charge in [0.15, 0.2) is 0 Å². The first-order valence-corrected chi connectivity index (χ1v) is 6.68. The molecule has 84 valence electrons. The average molecular weight is 293 g/mol. The van der Waals surface area contributed by atoms with E-state index in [0.717, 1.165) is 34.8 Å². The van der Waals surface area contributed by atoms with Gasteiger partial charge in [-0.3, -0.25) is 4.90 Å². The number of hydrogen-bond donors (Lipinski definition) is 1. The van der Waals surface area contributed by atoms with Crippen molar-refractivity contribution in [1.82, 2.24) is 10.2 Å². The molecule has 0 aromatic carbocycles. The first kappa shape index (κ1) is 11.5. The molecule has 1 aromatic rings. The molecule has 2 heterocycles. The maximum absolute atomic E-state index is 13.1. The second-order valence-electron chi connectivity index (χ2n) is 3.60. The lowest BCUT2D eigenvalue weighted by atomic mass is 10.2. The summed E-state index contributed by atoms with van der Waals surface area (Å²) in [6.07, 6.45) is 0. The number of halogens is 2. The highest BCUT2D eigenvalue weighted by atomic mass is 79.9. The molecule has 0 amide bonds. The number of nitrogens with zero attached hydrogens (tertiary/aromatic N) is 1. The Morgan fingerprint density at radius 3 is 2.73 bits per heavy atom. The van der Waals surface area contributed by atoms with E-state index in [1.807, 2.05) is 12.1 Å². The van der Waals surface area contributed by atoms with Gasteiger partial charge in [-0.1, -0.05) is 0 Å². The predicted molar refractivity (Wildman–Crippen MR) is 65.2 cm³/mol. The van der Waals surface area contributed by atoms with Crippen molar-refractivity contribution in [2.75, 3.05) is 32.9 Å². The molecule has 5 heteroatoms. The summed E-state index contributed by atoms with van der Waals surface area (Å²) in [5, 5.41) is 3.28. The molecule has 0 aliphatic carbocycles. The smallest absolute Gasteiger partial charge is 0.110 e. The van der Waals surface area contributed by atoms with Crippen LogP contribution in [0.2, 0.25) is 0 Å². The Hall–Kier alpha value is 0.0300. The van der Waals surface area contributed by atoms with Crippen molar-refractivity contribution in [3.63, 3.8) is 0 Å². The normalized spacial score (nSPS) is 20.4. The molecule has 1 aliphatic rings. The van der Waals surface area contributed by atoms with E-state index in [4.69, 9.17) is 0 Å². The Balaban J connectivity index is 2.08. The van der Waals surface area contributed by atoms with Gasteiger partial charge in [-0.25, -0.2) is 4.39 Å². The molecule has 1 N–H and O–H groups in total. The van der Waals surface area contributed by atoms with Crippen LogP contribution in [-0.4, -0.2) is 37.8 Å². The fourth-order valence-electron chi connectivity index (χ4n) is 1.85. The van der Waals surface area contributed by atoms with Gasteiger partial charge in [-0.05, 0) is 28.1 Å². The van der Waals surface area contributed by atoms with Gasteiger partial charge in [0, 0.05) is 31.1 Å². The van der Waals surface area contributed by atoms with Crippen LogP contribution in [0.15, 0.2) is 15.9 Å². The van der Waals surface area contributed by atoms with Crippen LogP contribution in [0.1, 0.15) is 10.9 Å². The lowest BCUT2D eigenvalue weighted by Crippen LogP contribution is -2.45. The molecule has 0 spiro atoms. The second kappa shape index (κ2) is 5.39. The Bertz CT molecular complexity index is 312. The van der Waals surface area contributed by atoms with Crippen molar-refractivity contribution < 1.29 is 4.39 Å². The van der Waals surface area contributed by atoms with Crippen LogP contribution >= 0.6 is 27.3 Å². The van der Waals surface area contributed by atoms with E-state index in [2.05, 4.69) is 26.1 Å². The van der Waals surface area contributed by atoms with Gasteiger partial charge in [0.2, 0.25) is 0 Å². The maximum Gasteiger partial charge on any atom is 0.110 e. The van der Waals surface area contributed by atoms with Crippen molar-refractivity contribution in [2.24, 2.45) is 0 Å². The monoisotopic (exact) mass is 292 g/mol. The number of alkyl halides is 1. The molecule has 0 bridgehead atoms. The molecule has 0 saturated carbocycles. The fraction of sp³-hybridized carbons (Fsp3) is 0.600. The molecule has 1 aliphatic heterocycles. The zero-order valence-corrected chi connectivity index (χ0v) is 10.8. The lowest BCUT2D eigenvalue weighted by Gasteiger charge is -2.32. The van der Waals surface area contributed by atoms with E-state index in [1.54, 1.807) is 11.3 Å². The van der Waals surface area contributed by atoms with E-state index < -0.39 is 0 Å². The van der Waals surface area contributed by atoms with Crippen LogP contribution in [0.5, 0.6) is 0 Å². The number of thiophene rings is 1. The first-order chi connectivity index (χ1) is 7.31. The largest absolute Gasteiger partial charge is 0.314 e. The summed E-state index contributed by atoms with van der Waals surface area (Å²) >= 11 is 5.05. The summed E-state index contributed by atoms with van der Waals surface area (Å²) < 4.78 is 14.1. The summed E-state index contributed by atoms with van der Waals surface area (Å²) in [6, 6.07) is 3.95. The quantitative estimate of drug-likeness (QED) is 0.921. The minimum absolute atomic E-state index is 0.0524. The molecule has 2 rings (SSSR count). The molecular formula is C10H14BrFN2S. The predicted octanol–water partition coefficient (Wildman–Crippen LogP) is 2.43. The summed E-state index contributed by atoms with van der Waals surface area (Å²) in [4.78, 5) is 3.33. The standard InChI is InChI=1S/C10H14BrFN2S/c11-10-2-1-9(15-10)8(7-12)14-5-3-13-4-6-14/h1-2,8,13H,3-7H2/t8-/m1/s1. The molecule has 2 nitrogen and oxygen atoms in total. The Labute approximate surface area is 102 Å².